The molecule has 0 unspecified atom stereocenters. The van der Waals surface area contributed by atoms with E-state index in [1.807, 2.05) is 51.1 Å². The van der Waals surface area contributed by atoms with Crippen LogP contribution in [0, 0.1) is 5.41 Å². The molecule has 1 amide bonds. The van der Waals surface area contributed by atoms with Gasteiger partial charge in [0.2, 0.25) is 5.91 Å². The van der Waals surface area contributed by atoms with E-state index in [1.54, 1.807) is 6.21 Å². The van der Waals surface area contributed by atoms with Crippen molar-refractivity contribution in [3.05, 3.63) is 35.9 Å². The average Bonchev–Trinajstić information content (AvgIpc) is 2.73. The van der Waals surface area contributed by atoms with Gasteiger partial charge in [-0.3, -0.25) is 4.79 Å². The second-order valence-electron chi connectivity index (χ2n) is 5.94. The first-order valence-corrected chi connectivity index (χ1v) is 6.46. The normalized spacial score (nSPS) is 22.8. The number of carbonyl (C=O) groups excluding carboxylic acids is 1. The van der Waals surface area contributed by atoms with Crippen molar-refractivity contribution in [1.29, 1.82) is 0 Å². The molecule has 4 nitrogen and oxygen atoms in total. The highest BCUT2D eigenvalue weighted by atomic mass is 16.3. The number of nitrogens with zero attached hydrogens (tertiary/aromatic N) is 2. The van der Waals surface area contributed by atoms with E-state index >= 15 is 0 Å². The third-order valence-electron chi connectivity index (χ3n) is 3.56. The highest BCUT2D eigenvalue weighted by Gasteiger charge is 2.49. The molecule has 1 aromatic rings. The molecule has 1 aromatic carbocycles. The first-order chi connectivity index (χ1) is 8.84. The van der Waals surface area contributed by atoms with Crippen LogP contribution in [0.15, 0.2) is 35.4 Å². The van der Waals surface area contributed by atoms with Gasteiger partial charge in [-0.2, -0.15) is 5.10 Å². The Labute approximate surface area is 113 Å². The number of hydrogen-bond donors (Lipinski definition) is 1. The summed E-state index contributed by atoms with van der Waals surface area (Å²) in [7, 11) is 0. The van der Waals surface area contributed by atoms with Gasteiger partial charge in [0.05, 0.1) is 6.42 Å². The Morgan fingerprint density at radius 3 is 2.58 bits per heavy atom. The Morgan fingerprint density at radius 1 is 1.37 bits per heavy atom. The molecule has 1 N–H and O–H groups in total. The highest BCUT2D eigenvalue weighted by Crippen LogP contribution is 2.39. The molecule has 1 aliphatic rings. The number of hydrogen-bond acceptors (Lipinski definition) is 3. The lowest BCUT2D eigenvalue weighted by atomic mass is 9.81. The van der Waals surface area contributed by atoms with Crippen LogP contribution in [0.1, 0.15) is 32.8 Å². The van der Waals surface area contributed by atoms with E-state index in [9.17, 15) is 9.90 Å². The molecule has 0 aromatic heterocycles. The first kappa shape index (κ1) is 13.7. The van der Waals surface area contributed by atoms with E-state index in [0.717, 1.165) is 5.56 Å². The number of rotatable bonds is 2. The summed E-state index contributed by atoms with van der Waals surface area (Å²) in [5.74, 6) is -0.183. The summed E-state index contributed by atoms with van der Waals surface area (Å²) in [4.78, 5) is 12.3. The third kappa shape index (κ3) is 2.54. The van der Waals surface area contributed by atoms with Crippen LogP contribution in [-0.2, 0) is 11.2 Å². The number of hydrazone groups is 1. The van der Waals surface area contributed by atoms with Gasteiger partial charge in [-0.1, -0.05) is 51.1 Å². The largest absolute Gasteiger partial charge is 0.368 e. The Balaban J connectivity index is 2.17. The highest BCUT2D eigenvalue weighted by molar-refractivity contribution is 5.82. The summed E-state index contributed by atoms with van der Waals surface area (Å²) in [6.07, 6.45) is 2.22. The molecule has 0 radical (unpaired) electrons. The Kier molecular flexibility index (Phi) is 3.45. The van der Waals surface area contributed by atoms with Gasteiger partial charge in [-0.05, 0) is 5.56 Å². The third-order valence-corrected chi connectivity index (χ3v) is 3.56. The quantitative estimate of drug-likeness (QED) is 0.886. The fraction of sp³-hybridized carbons (Fsp3) is 0.467. The molecule has 0 spiro atoms. The molecular weight excluding hydrogens is 240 g/mol. The minimum absolute atomic E-state index is 0.183. The topological polar surface area (TPSA) is 52.9 Å². The van der Waals surface area contributed by atoms with Gasteiger partial charge in [-0.15, -0.1) is 0 Å². The predicted octanol–water partition coefficient (Wildman–Crippen LogP) is 2.18. The van der Waals surface area contributed by atoms with Crippen molar-refractivity contribution in [2.24, 2.45) is 10.5 Å². The van der Waals surface area contributed by atoms with Crippen molar-refractivity contribution >= 4 is 12.1 Å². The summed E-state index contributed by atoms with van der Waals surface area (Å²) in [6.45, 7) is 5.72. The molecule has 0 saturated heterocycles. The SMILES string of the molecule is CC(C)(C)[C@]1(O)CC=NN1C(=O)Cc1ccccc1. The minimum atomic E-state index is -1.24. The van der Waals surface area contributed by atoms with E-state index < -0.39 is 11.1 Å². The molecule has 0 bridgehead atoms. The lowest BCUT2D eigenvalue weighted by molar-refractivity contribution is -0.181. The Morgan fingerprint density at radius 2 is 2.00 bits per heavy atom. The Hall–Kier alpha value is -1.68. The van der Waals surface area contributed by atoms with Crippen LogP contribution in [0.4, 0.5) is 0 Å². The molecule has 1 atom stereocenters. The zero-order valence-electron chi connectivity index (χ0n) is 11.6. The zero-order valence-corrected chi connectivity index (χ0v) is 11.6. The summed E-state index contributed by atoms with van der Waals surface area (Å²) < 4.78 is 0. The second kappa shape index (κ2) is 4.78. The molecule has 102 valence electrons. The van der Waals surface area contributed by atoms with Gasteiger partial charge >= 0.3 is 0 Å². The van der Waals surface area contributed by atoms with E-state index in [2.05, 4.69) is 5.10 Å². The molecule has 1 heterocycles. The summed E-state index contributed by atoms with van der Waals surface area (Å²) in [5, 5.41) is 16.0. The van der Waals surface area contributed by atoms with Crippen LogP contribution >= 0.6 is 0 Å². The molecule has 0 aliphatic carbocycles. The maximum Gasteiger partial charge on any atom is 0.249 e. The lowest BCUT2D eigenvalue weighted by Gasteiger charge is -2.41. The smallest absolute Gasteiger partial charge is 0.249 e. The van der Waals surface area contributed by atoms with Crippen LogP contribution in [-0.4, -0.2) is 28.0 Å². The molecule has 0 fully saturated rings. The number of amides is 1. The maximum absolute atomic E-state index is 12.3. The standard InChI is InChI=1S/C15H20N2O2/c1-14(2,3)15(19)9-10-16-17(15)13(18)11-12-7-5-4-6-8-12/h4-8,10,19H,9,11H2,1-3H3/t15-/m1/s1. The minimum Gasteiger partial charge on any atom is -0.368 e. The number of carbonyl (C=O) groups is 1. The Bertz CT molecular complexity index is 491. The van der Waals surface area contributed by atoms with Crippen molar-refractivity contribution in [3.63, 3.8) is 0 Å². The second-order valence-corrected chi connectivity index (χ2v) is 5.94. The van der Waals surface area contributed by atoms with Gasteiger partial charge in [0.1, 0.15) is 0 Å². The van der Waals surface area contributed by atoms with E-state index in [4.69, 9.17) is 0 Å². The fourth-order valence-electron chi connectivity index (χ4n) is 2.17. The van der Waals surface area contributed by atoms with Crippen molar-refractivity contribution in [2.45, 2.75) is 39.3 Å². The average molecular weight is 260 g/mol. The van der Waals surface area contributed by atoms with Gasteiger partial charge in [0, 0.05) is 18.1 Å². The van der Waals surface area contributed by atoms with Gasteiger partial charge in [0.15, 0.2) is 5.72 Å². The van der Waals surface area contributed by atoms with Crippen LogP contribution in [0.3, 0.4) is 0 Å². The van der Waals surface area contributed by atoms with E-state index in [1.165, 1.54) is 5.01 Å². The summed E-state index contributed by atoms with van der Waals surface area (Å²) >= 11 is 0. The number of aliphatic hydroxyl groups is 1. The van der Waals surface area contributed by atoms with Crippen LogP contribution < -0.4 is 0 Å². The molecule has 0 saturated carbocycles. The molecule has 4 heteroatoms. The van der Waals surface area contributed by atoms with Gasteiger partial charge in [-0.25, -0.2) is 5.01 Å². The van der Waals surface area contributed by atoms with E-state index in [-0.39, 0.29) is 12.3 Å². The van der Waals surface area contributed by atoms with Gasteiger partial charge < -0.3 is 5.11 Å². The van der Waals surface area contributed by atoms with Crippen LogP contribution in [0.5, 0.6) is 0 Å². The number of benzene rings is 1. The molecule has 1 aliphatic heterocycles. The molecule has 19 heavy (non-hydrogen) atoms. The van der Waals surface area contributed by atoms with Crippen molar-refractivity contribution < 1.29 is 9.90 Å². The molecule has 2 rings (SSSR count). The van der Waals surface area contributed by atoms with Crippen LogP contribution in [0.25, 0.3) is 0 Å². The van der Waals surface area contributed by atoms with E-state index in [0.29, 0.717) is 6.42 Å². The van der Waals surface area contributed by atoms with Crippen molar-refractivity contribution in [2.75, 3.05) is 0 Å². The monoisotopic (exact) mass is 260 g/mol. The predicted molar refractivity (Wildman–Crippen MR) is 74.5 cm³/mol. The summed E-state index contributed by atoms with van der Waals surface area (Å²) in [5.41, 5.74) is -0.764. The van der Waals surface area contributed by atoms with Crippen molar-refractivity contribution in [3.8, 4) is 0 Å². The molecular formula is C15H20N2O2. The maximum atomic E-state index is 12.3. The zero-order chi connectivity index (χ0) is 14.1. The van der Waals surface area contributed by atoms with Gasteiger partial charge in [0.25, 0.3) is 0 Å². The summed E-state index contributed by atoms with van der Waals surface area (Å²) in [6, 6.07) is 9.49. The van der Waals surface area contributed by atoms with Crippen LogP contribution in [0.2, 0.25) is 0 Å². The fourth-order valence-corrected chi connectivity index (χ4v) is 2.17. The first-order valence-electron chi connectivity index (χ1n) is 6.46. The van der Waals surface area contributed by atoms with Crippen molar-refractivity contribution in [1.82, 2.24) is 5.01 Å². The lowest BCUT2D eigenvalue weighted by Crippen LogP contribution is -2.55.